The van der Waals surface area contributed by atoms with Crippen LogP contribution in [0.2, 0.25) is 0 Å². The third kappa shape index (κ3) is 4.97. The zero-order valence-corrected chi connectivity index (χ0v) is 16.1. The van der Waals surface area contributed by atoms with E-state index in [1.165, 1.54) is 12.1 Å². The highest BCUT2D eigenvalue weighted by molar-refractivity contribution is 5.79. The van der Waals surface area contributed by atoms with Crippen LogP contribution in [0.15, 0.2) is 53.3 Å². The first kappa shape index (κ1) is 19.6. The van der Waals surface area contributed by atoms with Crippen LogP contribution in [0.25, 0.3) is 10.9 Å². The number of amides is 1. The summed E-state index contributed by atoms with van der Waals surface area (Å²) >= 11 is 0. The number of pyridine rings is 1. The predicted molar refractivity (Wildman–Crippen MR) is 110 cm³/mol. The van der Waals surface area contributed by atoms with Crippen molar-refractivity contribution in [3.05, 3.63) is 75.8 Å². The van der Waals surface area contributed by atoms with Gasteiger partial charge in [-0.2, -0.15) is 0 Å². The minimum Gasteiger partial charge on any atom is -0.378 e. The Morgan fingerprint density at radius 3 is 2.54 bits per heavy atom. The highest BCUT2D eigenvalue weighted by Crippen LogP contribution is 2.14. The van der Waals surface area contributed by atoms with Crippen LogP contribution in [-0.2, 0) is 17.6 Å². The number of nitrogens with one attached hydrogen (secondary N) is 2. The van der Waals surface area contributed by atoms with E-state index in [-0.39, 0.29) is 17.9 Å². The van der Waals surface area contributed by atoms with Gasteiger partial charge in [-0.1, -0.05) is 12.1 Å². The number of benzene rings is 2. The van der Waals surface area contributed by atoms with Gasteiger partial charge in [0.05, 0.1) is 5.52 Å². The summed E-state index contributed by atoms with van der Waals surface area (Å²) in [6.45, 7) is 0.549. The summed E-state index contributed by atoms with van der Waals surface area (Å²) in [4.78, 5) is 28.9. The molecule has 146 valence electrons. The Hall–Kier alpha value is -3.15. The molecule has 0 aliphatic carbocycles. The van der Waals surface area contributed by atoms with E-state index >= 15 is 0 Å². The molecule has 2 N–H and O–H groups in total. The third-order valence-electron chi connectivity index (χ3n) is 4.69. The van der Waals surface area contributed by atoms with Gasteiger partial charge in [-0.25, -0.2) is 4.39 Å². The fourth-order valence-corrected chi connectivity index (χ4v) is 3.05. The predicted octanol–water partition coefficient (Wildman–Crippen LogP) is 3.02. The molecule has 0 radical (unpaired) electrons. The molecule has 0 fully saturated rings. The number of rotatable bonds is 7. The van der Waals surface area contributed by atoms with E-state index in [0.29, 0.717) is 24.0 Å². The Kier molecular flexibility index (Phi) is 6.09. The molecule has 1 amide bonds. The van der Waals surface area contributed by atoms with Crippen molar-refractivity contribution in [1.29, 1.82) is 0 Å². The monoisotopic (exact) mass is 381 g/mol. The normalized spacial score (nSPS) is 10.8. The second-order valence-electron chi connectivity index (χ2n) is 7.02. The van der Waals surface area contributed by atoms with Crippen molar-refractivity contribution in [2.75, 3.05) is 25.5 Å². The van der Waals surface area contributed by atoms with Crippen LogP contribution in [0.5, 0.6) is 0 Å². The molecule has 28 heavy (non-hydrogen) atoms. The second-order valence-corrected chi connectivity index (χ2v) is 7.02. The summed E-state index contributed by atoms with van der Waals surface area (Å²) in [6.07, 6.45) is 1.32. The molecule has 3 rings (SSSR count). The summed E-state index contributed by atoms with van der Waals surface area (Å²) in [5, 5.41) is 3.64. The lowest BCUT2D eigenvalue weighted by molar-refractivity contribution is -0.121. The van der Waals surface area contributed by atoms with E-state index in [0.717, 1.165) is 23.1 Å². The van der Waals surface area contributed by atoms with Crippen molar-refractivity contribution in [3.63, 3.8) is 0 Å². The molecule has 0 saturated carbocycles. The fraction of sp³-hybridized carbons (Fsp3) is 0.273. The minimum atomic E-state index is -0.397. The van der Waals surface area contributed by atoms with Gasteiger partial charge in [-0.05, 0) is 60.2 Å². The van der Waals surface area contributed by atoms with Gasteiger partial charge in [0.2, 0.25) is 5.91 Å². The first-order valence-corrected chi connectivity index (χ1v) is 9.27. The maximum absolute atomic E-state index is 13.2. The number of aryl methyl sites for hydroxylation is 1. The largest absolute Gasteiger partial charge is 0.378 e. The number of H-pyrrole nitrogens is 1. The molecule has 0 bridgehead atoms. The molecule has 5 nitrogen and oxygen atoms in total. The molecular weight excluding hydrogens is 357 g/mol. The lowest BCUT2D eigenvalue weighted by atomic mass is 10.1. The Bertz CT molecular complexity index is 1030. The van der Waals surface area contributed by atoms with Gasteiger partial charge >= 0.3 is 0 Å². The Balaban J connectivity index is 1.50. The van der Waals surface area contributed by atoms with Crippen LogP contribution >= 0.6 is 0 Å². The highest BCUT2D eigenvalue weighted by atomic mass is 19.1. The van der Waals surface area contributed by atoms with Crippen molar-refractivity contribution in [1.82, 2.24) is 10.3 Å². The van der Waals surface area contributed by atoms with Crippen molar-refractivity contribution in [2.45, 2.75) is 19.3 Å². The number of halogens is 1. The summed E-state index contributed by atoms with van der Waals surface area (Å²) in [7, 11) is 3.99. The van der Waals surface area contributed by atoms with Gasteiger partial charge in [0, 0.05) is 38.3 Å². The van der Waals surface area contributed by atoms with E-state index in [4.69, 9.17) is 0 Å². The van der Waals surface area contributed by atoms with E-state index in [9.17, 15) is 14.0 Å². The number of anilines is 1. The molecule has 0 atom stereocenters. The number of aromatic nitrogens is 1. The zero-order valence-electron chi connectivity index (χ0n) is 16.1. The molecule has 0 spiro atoms. The lowest BCUT2D eigenvalue weighted by Crippen LogP contribution is -2.26. The lowest BCUT2D eigenvalue weighted by Gasteiger charge is -2.12. The maximum Gasteiger partial charge on any atom is 0.251 e. The van der Waals surface area contributed by atoms with Crippen LogP contribution in [0.4, 0.5) is 10.1 Å². The summed E-state index contributed by atoms with van der Waals surface area (Å²) < 4.78 is 13.2. The van der Waals surface area contributed by atoms with Crippen molar-refractivity contribution < 1.29 is 9.18 Å². The smallest absolute Gasteiger partial charge is 0.251 e. The van der Waals surface area contributed by atoms with Crippen LogP contribution in [0.1, 0.15) is 17.5 Å². The van der Waals surface area contributed by atoms with Gasteiger partial charge in [-0.15, -0.1) is 0 Å². The number of hydrogen-bond donors (Lipinski definition) is 2. The fourth-order valence-electron chi connectivity index (χ4n) is 3.05. The second kappa shape index (κ2) is 8.69. The van der Waals surface area contributed by atoms with E-state index in [1.807, 2.05) is 19.0 Å². The van der Waals surface area contributed by atoms with E-state index in [2.05, 4.69) is 34.6 Å². The van der Waals surface area contributed by atoms with Gasteiger partial charge < -0.3 is 15.2 Å². The Morgan fingerprint density at radius 2 is 1.82 bits per heavy atom. The quantitative estimate of drug-likeness (QED) is 0.661. The van der Waals surface area contributed by atoms with Gasteiger partial charge in [0.25, 0.3) is 5.56 Å². The number of aromatic amines is 1. The van der Waals surface area contributed by atoms with Crippen LogP contribution in [0.3, 0.4) is 0 Å². The standard InChI is InChI=1S/C22H24FN3O2/c1-26(2)19-8-3-15(4-9-19)11-12-24-21(27)10-6-17-13-16-5-7-18(23)14-20(16)25-22(17)28/h3-5,7-9,13-14H,6,10-12H2,1-2H3,(H,24,27)(H,25,28). The van der Waals surface area contributed by atoms with Gasteiger partial charge in [0.15, 0.2) is 0 Å². The number of carbonyl (C=O) groups is 1. The average molecular weight is 381 g/mol. The first-order valence-electron chi connectivity index (χ1n) is 9.27. The molecule has 2 aromatic carbocycles. The first-order chi connectivity index (χ1) is 13.4. The molecule has 6 heteroatoms. The van der Waals surface area contributed by atoms with E-state index in [1.54, 1.807) is 12.1 Å². The number of hydrogen-bond acceptors (Lipinski definition) is 3. The average Bonchev–Trinajstić information content (AvgIpc) is 2.66. The topological polar surface area (TPSA) is 65.2 Å². The number of carbonyl (C=O) groups excluding carboxylic acids is 1. The molecule has 0 unspecified atom stereocenters. The Labute approximate surface area is 163 Å². The molecule has 1 aromatic heterocycles. The van der Waals surface area contributed by atoms with Gasteiger partial charge in [0.1, 0.15) is 5.82 Å². The minimum absolute atomic E-state index is 0.0940. The third-order valence-corrected chi connectivity index (χ3v) is 4.69. The summed E-state index contributed by atoms with van der Waals surface area (Å²) in [5.74, 6) is -0.491. The SMILES string of the molecule is CN(C)c1ccc(CCNC(=O)CCc2cc3ccc(F)cc3[nH]c2=O)cc1. The number of fused-ring (bicyclic) bond motifs is 1. The van der Waals surface area contributed by atoms with E-state index < -0.39 is 5.82 Å². The molecule has 0 aliphatic rings. The van der Waals surface area contributed by atoms with Crippen molar-refractivity contribution >= 4 is 22.5 Å². The zero-order chi connectivity index (χ0) is 20.1. The van der Waals surface area contributed by atoms with Crippen LogP contribution in [0, 0.1) is 5.82 Å². The van der Waals surface area contributed by atoms with Crippen LogP contribution < -0.4 is 15.8 Å². The number of nitrogens with zero attached hydrogens (tertiary/aromatic N) is 1. The van der Waals surface area contributed by atoms with Gasteiger partial charge in [-0.3, -0.25) is 9.59 Å². The van der Waals surface area contributed by atoms with Crippen molar-refractivity contribution in [2.24, 2.45) is 0 Å². The summed E-state index contributed by atoms with van der Waals surface area (Å²) in [6, 6.07) is 14.2. The van der Waals surface area contributed by atoms with Crippen molar-refractivity contribution in [3.8, 4) is 0 Å². The Morgan fingerprint density at radius 1 is 1.07 bits per heavy atom. The molecule has 3 aromatic rings. The molecule has 0 saturated heterocycles. The summed E-state index contributed by atoms with van der Waals surface area (Å²) in [5.41, 5.74) is 2.99. The molecule has 1 heterocycles. The maximum atomic E-state index is 13.2. The molecule has 0 aliphatic heterocycles. The van der Waals surface area contributed by atoms with Crippen LogP contribution in [-0.4, -0.2) is 31.5 Å². The molecular formula is C22H24FN3O2. The highest BCUT2D eigenvalue weighted by Gasteiger charge is 2.07.